The Morgan fingerprint density at radius 3 is 2.52 bits per heavy atom. The maximum Gasteiger partial charge on any atom is 0.240 e. The van der Waals surface area contributed by atoms with Crippen LogP contribution in [0.1, 0.15) is 13.3 Å². The van der Waals surface area contributed by atoms with E-state index >= 15 is 0 Å². The lowest BCUT2D eigenvalue weighted by Crippen LogP contribution is -2.37. The van der Waals surface area contributed by atoms with E-state index in [0.29, 0.717) is 11.7 Å². The van der Waals surface area contributed by atoms with Crippen LogP contribution in [0.2, 0.25) is 0 Å². The maximum atomic E-state index is 13.0. The number of hydrogen-bond donors (Lipinski definition) is 0. The molecule has 0 N–H and O–H groups in total. The summed E-state index contributed by atoms with van der Waals surface area (Å²) in [6.07, 6.45) is 0.264. The number of nitriles is 1. The first-order chi connectivity index (χ1) is 13.2. The number of para-hydroxylation sites is 2. The van der Waals surface area contributed by atoms with Crippen molar-refractivity contribution in [3.05, 3.63) is 60.7 Å². The van der Waals surface area contributed by atoms with Crippen LogP contribution in [0.15, 0.2) is 65.8 Å². The predicted molar refractivity (Wildman–Crippen MR) is 103 cm³/mol. The van der Waals surface area contributed by atoms with Gasteiger partial charge in [0.2, 0.25) is 11.1 Å². The molecule has 136 valence electrons. The number of benzene rings is 2. The number of amides is 1. The topological polar surface area (TPSA) is 87.7 Å². The Morgan fingerprint density at radius 1 is 1.19 bits per heavy atom. The smallest absolute Gasteiger partial charge is 0.240 e. The van der Waals surface area contributed by atoms with Gasteiger partial charge >= 0.3 is 0 Å². The number of carbonyl (C=O) groups is 1. The van der Waals surface area contributed by atoms with Crippen molar-refractivity contribution in [2.24, 2.45) is 0 Å². The zero-order chi connectivity index (χ0) is 19.1. The second kappa shape index (κ2) is 8.96. The van der Waals surface area contributed by atoms with Gasteiger partial charge in [-0.2, -0.15) is 9.94 Å². The van der Waals surface area contributed by atoms with E-state index in [9.17, 15) is 4.79 Å². The van der Waals surface area contributed by atoms with Crippen molar-refractivity contribution in [2.75, 3.05) is 11.4 Å². The van der Waals surface area contributed by atoms with Crippen molar-refractivity contribution < 1.29 is 4.79 Å². The fourth-order valence-electron chi connectivity index (χ4n) is 2.55. The molecule has 27 heavy (non-hydrogen) atoms. The van der Waals surface area contributed by atoms with E-state index in [4.69, 9.17) is 5.26 Å². The Balaban J connectivity index is 1.79. The highest BCUT2D eigenvalue weighted by Gasteiger charge is 2.25. The molecule has 0 saturated carbocycles. The number of anilines is 1. The van der Waals surface area contributed by atoms with E-state index in [2.05, 4.69) is 21.6 Å². The van der Waals surface area contributed by atoms with Gasteiger partial charge < -0.3 is 4.90 Å². The van der Waals surface area contributed by atoms with E-state index < -0.39 is 5.25 Å². The van der Waals surface area contributed by atoms with E-state index in [1.54, 1.807) is 9.58 Å². The number of thioether (sulfide) groups is 1. The molecule has 0 aliphatic rings. The lowest BCUT2D eigenvalue weighted by atomic mass is 10.2. The standard InChI is InChI=1S/C19H18N6OS/c1-15(18(26)24(14-8-13-20)16-9-4-2-5-10-16)27-19-21-22-23-25(19)17-11-6-3-7-12-17/h2-7,9-12,15H,8,14H2,1H3/t15-/m1/s1. The van der Waals surface area contributed by atoms with Crippen LogP contribution >= 0.6 is 11.8 Å². The Morgan fingerprint density at radius 2 is 1.85 bits per heavy atom. The average Bonchev–Trinajstić information content (AvgIpc) is 3.17. The van der Waals surface area contributed by atoms with E-state index in [0.717, 1.165) is 11.4 Å². The first-order valence-corrected chi connectivity index (χ1v) is 9.32. The molecule has 0 bridgehead atoms. The molecule has 0 fully saturated rings. The molecule has 7 nitrogen and oxygen atoms in total. The van der Waals surface area contributed by atoms with Crippen LogP contribution < -0.4 is 4.90 Å². The normalized spacial score (nSPS) is 11.6. The molecule has 0 radical (unpaired) electrons. The second-order valence-electron chi connectivity index (χ2n) is 5.70. The summed E-state index contributed by atoms with van der Waals surface area (Å²) in [5.41, 5.74) is 1.60. The van der Waals surface area contributed by atoms with Crippen molar-refractivity contribution in [2.45, 2.75) is 23.8 Å². The SMILES string of the molecule is C[C@@H](Sc1nnnn1-c1ccccc1)C(=O)N(CCC#N)c1ccccc1. The molecule has 1 aromatic heterocycles. The molecule has 3 aromatic rings. The number of aromatic nitrogens is 4. The maximum absolute atomic E-state index is 13.0. The number of tetrazole rings is 1. The molecule has 3 rings (SSSR count). The summed E-state index contributed by atoms with van der Waals surface area (Å²) in [7, 11) is 0. The van der Waals surface area contributed by atoms with Gasteiger partial charge in [0.1, 0.15) is 0 Å². The van der Waals surface area contributed by atoms with Crippen LogP contribution in [-0.2, 0) is 4.79 Å². The van der Waals surface area contributed by atoms with Crippen molar-refractivity contribution >= 4 is 23.4 Å². The summed E-state index contributed by atoms with van der Waals surface area (Å²) in [5.74, 6) is -0.0935. The number of rotatable bonds is 7. The lowest BCUT2D eigenvalue weighted by Gasteiger charge is -2.24. The van der Waals surface area contributed by atoms with Gasteiger partial charge in [-0.15, -0.1) is 5.10 Å². The van der Waals surface area contributed by atoms with Crippen molar-refractivity contribution in [3.8, 4) is 11.8 Å². The summed E-state index contributed by atoms with van der Waals surface area (Å²) in [5, 5.41) is 20.9. The minimum atomic E-state index is -0.419. The predicted octanol–water partition coefficient (Wildman–Crippen LogP) is 3.09. The highest BCUT2D eigenvalue weighted by molar-refractivity contribution is 8.00. The van der Waals surface area contributed by atoms with Crippen molar-refractivity contribution in [1.82, 2.24) is 20.2 Å². The van der Waals surface area contributed by atoms with E-state index in [-0.39, 0.29) is 12.3 Å². The summed E-state index contributed by atoms with van der Waals surface area (Å²) in [6.45, 7) is 2.16. The minimum absolute atomic E-state index is 0.0935. The molecule has 1 amide bonds. The Hall–Kier alpha value is -3.18. The van der Waals surface area contributed by atoms with Crippen molar-refractivity contribution in [3.63, 3.8) is 0 Å². The minimum Gasteiger partial charge on any atom is -0.310 e. The summed E-state index contributed by atoms with van der Waals surface area (Å²) in [6, 6.07) is 21.0. The number of nitrogens with zero attached hydrogens (tertiary/aromatic N) is 6. The van der Waals surface area contributed by atoms with Gasteiger partial charge in [-0.1, -0.05) is 48.2 Å². The Bertz CT molecular complexity index is 922. The molecule has 1 heterocycles. The highest BCUT2D eigenvalue weighted by Crippen LogP contribution is 2.26. The second-order valence-corrected chi connectivity index (χ2v) is 7.01. The first kappa shape index (κ1) is 18.6. The van der Waals surface area contributed by atoms with Gasteiger partial charge in [0.25, 0.3) is 0 Å². The zero-order valence-corrected chi connectivity index (χ0v) is 15.6. The van der Waals surface area contributed by atoms with Gasteiger partial charge in [-0.3, -0.25) is 4.79 Å². The molecule has 0 saturated heterocycles. The third-order valence-corrected chi connectivity index (χ3v) is 4.87. The Labute approximate surface area is 161 Å². The van der Waals surface area contributed by atoms with E-state index in [1.807, 2.05) is 67.6 Å². The molecule has 1 atom stereocenters. The molecule has 0 aliphatic carbocycles. The van der Waals surface area contributed by atoms with Crippen LogP contribution in [0.25, 0.3) is 5.69 Å². The quantitative estimate of drug-likeness (QED) is 0.587. The van der Waals surface area contributed by atoms with E-state index in [1.165, 1.54) is 11.8 Å². The monoisotopic (exact) mass is 378 g/mol. The summed E-state index contributed by atoms with van der Waals surface area (Å²) >= 11 is 1.29. The molecular weight excluding hydrogens is 360 g/mol. The van der Waals surface area contributed by atoms with Crippen LogP contribution in [0, 0.1) is 11.3 Å². The van der Waals surface area contributed by atoms with Gasteiger partial charge in [-0.25, -0.2) is 0 Å². The molecule has 2 aromatic carbocycles. The van der Waals surface area contributed by atoms with Gasteiger partial charge in [0.05, 0.1) is 23.4 Å². The summed E-state index contributed by atoms with van der Waals surface area (Å²) in [4.78, 5) is 14.7. The van der Waals surface area contributed by atoms with Crippen LogP contribution in [0.5, 0.6) is 0 Å². The number of hydrogen-bond acceptors (Lipinski definition) is 6. The van der Waals surface area contributed by atoms with Crippen LogP contribution in [0.3, 0.4) is 0 Å². The van der Waals surface area contributed by atoms with Crippen LogP contribution in [0.4, 0.5) is 5.69 Å². The third-order valence-electron chi connectivity index (χ3n) is 3.85. The van der Waals surface area contributed by atoms with Gasteiger partial charge in [-0.05, 0) is 41.6 Å². The highest BCUT2D eigenvalue weighted by atomic mass is 32.2. The lowest BCUT2D eigenvalue weighted by molar-refractivity contribution is -0.117. The van der Waals surface area contributed by atoms with Gasteiger partial charge in [0.15, 0.2) is 0 Å². The molecule has 8 heteroatoms. The van der Waals surface area contributed by atoms with Crippen molar-refractivity contribution in [1.29, 1.82) is 5.26 Å². The van der Waals surface area contributed by atoms with Gasteiger partial charge in [0, 0.05) is 12.2 Å². The average molecular weight is 378 g/mol. The Kier molecular flexibility index (Phi) is 6.18. The fraction of sp³-hybridized carbons (Fsp3) is 0.211. The zero-order valence-electron chi connectivity index (χ0n) is 14.8. The summed E-state index contributed by atoms with van der Waals surface area (Å²) < 4.78 is 1.61. The van der Waals surface area contributed by atoms with Crippen LogP contribution in [-0.4, -0.2) is 37.9 Å². The molecule has 0 aliphatic heterocycles. The molecule has 0 unspecified atom stereocenters. The largest absolute Gasteiger partial charge is 0.310 e. The fourth-order valence-corrected chi connectivity index (χ4v) is 3.42. The molecular formula is C19H18N6OS. The third kappa shape index (κ3) is 4.51. The first-order valence-electron chi connectivity index (χ1n) is 8.44. The number of carbonyl (C=O) groups excluding carboxylic acids is 1. The molecule has 0 spiro atoms.